The monoisotopic (exact) mass is 212 g/mol. The Balaban J connectivity index is 3.42. The van der Waals surface area contributed by atoms with Crippen LogP contribution in [-0.4, -0.2) is 34.2 Å². The molecule has 1 aromatic heterocycles. The summed E-state index contributed by atoms with van der Waals surface area (Å²) in [6.45, 7) is 1.40. The molecule has 1 heterocycles. The second-order valence-electron chi connectivity index (χ2n) is 2.83. The maximum atomic E-state index is 10.7. The average Bonchev–Trinajstić information content (AvgIpc) is 2.15. The second kappa shape index (κ2) is 4.24. The van der Waals surface area contributed by atoms with Crippen LogP contribution in [0.5, 0.6) is 5.88 Å². The first-order valence-corrected chi connectivity index (χ1v) is 4.03. The van der Waals surface area contributed by atoms with Crippen LogP contribution in [0.4, 0.5) is 5.69 Å². The molecule has 0 bridgehead atoms. The van der Waals surface area contributed by atoms with E-state index in [2.05, 4.69) is 4.98 Å². The molecule has 7 nitrogen and oxygen atoms in total. The average molecular weight is 212 g/mol. The first kappa shape index (κ1) is 11.4. The maximum Gasteiger partial charge on any atom is 0.490 e. The highest BCUT2D eigenvalue weighted by atomic mass is 16.6. The van der Waals surface area contributed by atoms with Crippen LogP contribution in [0.25, 0.3) is 0 Å². The van der Waals surface area contributed by atoms with Crippen LogP contribution in [0.15, 0.2) is 6.20 Å². The molecule has 0 saturated carbocycles. The molecular weight excluding hydrogens is 203 g/mol. The molecule has 0 aromatic carbocycles. The normalized spacial score (nSPS) is 9.87. The first-order chi connectivity index (χ1) is 6.99. The van der Waals surface area contributed by atoms with Crippen LogP contribution in [0.1, 0.15) is 5.56 Å². The molecule has 15 heavy (non-hydrogen) atoms. The van der Waals surface area contributed by atoms with Gasteiger partial charge in [0.2, 0.25) is 0 Å². The fourth-order valence-corrected chi connectivity index (χ4v) is 1.21. The minimum Gasteiger partial charge on any atom is -0.476 e. The predicted molar refractivity (Wildman–Crippen MR) is 52.0 cm³/mol. The molecule has 0 aliphatic carbocycles. The van der Waals surface area contributed by atoms with Crippen molar-refractivity contribution in [3.8, 4) is 5.88 Å². The van der Waals surface area contributed by atoms with Gasteiger partial charge in [0.15, 0.2) is 0 Å². The zero-order chi connectivity index (χ0) is 11.6. The molecule has 1 rings (SSSR count). The van der Waals surface area contributed by atoms with Gasteiger partial charge in [-0.1, -0.05) is 0 Å². The number of ether oxygens (including phenoxy) is 1. The Labute approximate surface area is 85.6 Å². The Kier molecular flexibility index (Phi) is 3.22. The van der Waals surface area contributed by atoms with Crippen molar-refractivity contribution in [3.05, 3.63) is 21.9 Å². The number of pyridine rings is 1. The molecule has 0 radical (unpaired) electrons. The summed E-state index contributed by atoms with van der Waals surface area (Å²) in [6, 6.07) is 0. The Bertz CT molecular complexity index is 395. The number of nitrogens with zero attached hydrogens (tertiary/aromatic N) is 2. The van der Waals surface area contributed by atoms with Crippen LogP contribution in [0.3, 0.4) is 0 Å². The summed E-state index contributed by atoms with van der Waals surface area (Å²) in [7, 11) is -0.536. The fraction of sp³-hybridized carbons (Fsp3) is 0.286. The highest BCUT2D eigenvalue weighted by Gasteiger charge is 2.26. The van der Waals surface area contributed by atoms with E-state index in [-0.39, 0.29) is 22.6 Å². The summed E-state index contributed by atoms with van der Waals surface area (Å²) in [6.07, 6.45) is 1.13. The fourth-order valence-electron chi connectivity index (χ4n) is 1.21. The molecule has 1 aromatic rings. The summed E-state index contributed by atoms with van der Waals surface area (Å²) in [5, 5.41) is 28.6. The zero-order valence-electron chi connectivity index (χ0n) is 8.17. The maximum absolute atomic E-state index is 10.7. The number of methoxy groups -OCH3 is 1. The molecule has 0 aliphatic heterocycles. The molecule has 0 atom stereocenters. The summed E-state index contributed by atoms with van der Waals surface area (Å²) in [4.78, 5) is 13.6. The molecule has 0 amide bonds. The third kappa shape index (κ3) is 2.05. The van der Waals surface area contributed by atoms with Crippen LogP contribution in [-0.2, 0) is 0 Å². The molecule has 8 heteroatoms. The first-order valence-electron chi connectivity index (χ1n) is 4.03. The number of hydrogen-bond donors (Lipinski definition) is 2. The molecule has 0 saturated heterocycles. The minimum absolute atomic E-state index is 0.0116. The van der Waals surface area contributed by atoms with Crippen molar-refractivity contribution in [2.75, 3.05) is 7.11 Å². The second-order valence-corrected chi connectivity index (χ2v) is 2.83. The van der Waals surface area contributed by atoms with Gasteiger partial charge in [0.05, 0.1) is 12.0 Å². The van der Waals surface area contributed by atoms with Gasteiger partial charge in [-0.2, -0.15) is 0 Å². The third-order valence-corrected chi connectivity index (χ3v) is 1.97. The molecule has 0 unspecified atom stereocenters. The number of hydrogen-bond acceptors (Lipinski definition) is 6. The Morgan fingerprint density at radius 1 is 1.60 bits per heavy atom. The Hall–Kier alpha value is -1.67. The van der Waals surface area contributed by atoms with Gasteiger partial charge in [-0.3, -0.25) is 10.1 Å². The Morgan fingerprint density at radius 3 is 2.60 bits per heavy atom. The van der Waals surface area contributed by atoms with E-state index in [1.54, 1.807) is 0 Å². The van der Waals surface area contributed by atoms with E-state index in [1.165, 1.54) is 14.0 Å². The minimum atomic E-state index is -1.79. The molecule has 0 aliphatic rings. The molecule has 2 N–H and O–H groups in total. The third-order valence-electron chi connectivity index (χ3n) is 1.97. The summed E-state index contributed by atoms with van der Waals surface area (Å²) in [5.74, 6) is -0.151. The molecule has 0 spiro atoms. The van der Waals surface area contributed by atoms with Gasteiger partial charge < -0.3 is 14.8 Å². The van der Waals surface area contributed by atoms with E-state index < -0.39 is 12.0 Å². The summed E-state index contributed by atoms with van der Waals surface area (Å²) < 4.78 is 4.71. The summed E-state index contributed by atoms with van der Waals surface area (Å²) in [5.41, 5.74) is -0.243. The van der Waals surface area contributed by atoms with E-state index in [4.69, 9.17) is 14.8 Å². The van der Waals surface area contributed by atoms with E-state index in [1.807, 2.05) is 0 Å². The van der Waals surface area contributed by atoms with E-state index in [0.29, 0.717) is 0 Å². The zero-order valence-corrected chi connectivity index (χ0v) is 8.17. The van der Waals surface area contributed by atoms with Crippen LogP contribution >= 0.6 is 0 Å². The lowest BCUT2D eigenvalue weighted by Gasteiger charge is -2.07. The van der Waals surface area contributed by atoms with Gasteiger partial charge in [0.1, 0.15) is 0 Å². The lowest BCUT2D eigenvalue weighted by atomic mass is 9.78. The van der Waals surface area contributed by atoms with Crippen molar-refractivity contribution in [2.24, 2.45) is 0 Å². The molecular formula is C7H9BN2O5. The van der Waals surface area contributed by atoms with Gasteiger partial charge in [0, 0.05) is 17.2 Å². The highest BCUT2D eigenvalue weighted by Crippen LogP contribution is 2.26. The number of rotatable bonds is 3. The summed E-state index contributed by atoms with van der Waals surface area (Å²) >= 11 is 0. The number of nitro groups is 1. The van der Waals surface area contributed by atoms with Gasteiger partial charge >= 0.3 is 12.8 Å². The van der Waals surface area contributed by atoms with Crippen molar-refractivity contribution < 1.29 is 19.7 Å². The standard InChI is InChI=1S/C7H9BN2O5/c1-4-5(8(11)12)3-9-7(15-2)6(4)10(13)14/h3,11-12H,1-2H3. The lowest BCUT2D eigenvalue weighted by molar-refractivity contribution is -0.386. The van der Waals surface area contributed by atoms with E-state index in [9.17, 15) is 10.1 Å². The van der Waals surface area contributed by atoms with Crippen LogP contribution in [0, 0.1) is 17.0 Å². The van der Waals surface area contributed by atoms with Crippen molar-refractivity contribution in [3.63, 3.8) is 0 Å². The number of aromatic nitrogens is 1. The van der Waals surface area contributed by atoms with Gasteiger partial charge in [-0.05, 0) is 6.92 Å². The lowest BCUT2D eigenvalue weighted by Crippen LogP contribution is -2.33. The highest BCUT2D eigenvalue weighted by molar-refractivity contribution is 6.59. The smallest absolute Gasteiger partial charge is 0.476 e. The largest absolute Gasteiger partial charge is 0.490 e. The van der Waals surface area contributed by atoms with Crippen LogP contribution in [0.2, 0.25) is 0 Å². The molecule has 80 valence electrons. The predicted octanol–water partition coefficient (Wildman–Crippen LogP) is -1.01. The SMILES string of the molecule is COc1ncc(B(O)O)c(C)c1[N+](=O)[O-]. The van der Waals surface area contributed by atoms with Gasteiger partial charge in [-0.25, -0.2) is 4.98 Å². The topological polar surface area (TPSA) is 106 Å². The van der Waals surface area contributed by atoms with Crippen LogP contribution < -0.4 is 10.2 Å². The van der Waals surface area contributed by atoms with Crippen molar-refractivity contribution in [1.29, 1.82) is 0 Å². The van der Waals surface area contributed by atoms with Crippen molar-refractivity contribution in [2.45, 2.75) is 6.92 Å². The van der Waals surface area contributed by atoms with E-state index in [0.717, 1.165) is 6.20 Å². The van der Waals surface area contributed by atoms with Gasteiger partial charge in [0.25, 0.3) is 5.88 Å². The van der Waals surface area contributed by atoms with Crippen molar-refractivity contribution >= 4 is 18.3 Å². The quantitative estimate of drug-likeness (QED) is 0.377. The van der Waals surface area contributed by atoms with Crippen molar-refractivity contribution in [1.82, 2.24) is 4.98 Å². The Morgan fingerprint density at radius 2 is 2.20 bits per heavy atom. The van der Waals surface area contributed by atoms with E-state index >= 15 is 0 Å². The van der Waals surface area contributed by atoms with Gasteiger partial charge in [-0.15, -0.1) is 0 Å². The molecule has 0 fully saturated rings.